The lowest BCUT2D eigenvalue weighted by atomic mass is 9.62. The molecular formula is C15H31NO. The number of aliphatic hydroxyl groups is 1. The Hall–Kier alpha value is -0.0800. The summed E-state index contributed by atoms with van der Waals surface area (Å²) >= 11 is 0. The van der Waals surface area contributed by atoms with Crippen LogP contribution in [0.25, 0.3) is 0 Å². The van der Waals surface area contributed by atoms with E-state index in [0.717, 1.165) is 13.0 Å². The van der Waals surface area contributed by atoms with Gasteiger partial charge in [0.15, 0.2) is 0 Å². The summed E-state index contributed by atoms with van der Waals surface area (Å²) in [6.45, 7) is 14.5. The summed E-state index contributed by atoms with van der Waals surface area (Å²) in [4.78, 5) is 0. The zero-order chi connectivity index (χ0) is 13.3. The van der Waals surface area contributed by atoms with Crippen LogP contribution in [0.3, 0.4) is 0 Å². The Morgan fingerprint density at radius 3 is 1.88 bits per heavy atom. The van der Waals surface area contributed by atoms with Gasteiger partial charge in [0, 0.05) is 6.04 Å². The number of hydrogen-bond acceptors (Lipinski definition) is 2. The smallest absolute Gasteiger partial charge is 0.0731 e. The van der Waals surface area contributed by atoms with Crippen LogP contribution < -0.4 is 5.32 Å². The second-order valence-corrected chi connectivity index (χ2v) is 7.76. The Morgan fingerprint density at radius 2 is 1.53 bits per heavy atom. The maximum Gasteiger partial charge on any atom is 0.0731 e. The van der Waals surface area contributed by atoms with Gasteiger partial charge in [-0.1, -0.05) is 48.0 Å². The minimum absolute atomic E-state index is 0.136. The van der Waals surface area contributed by atoms with Crippen LogP contribution in [-0.2, 0) is 0 Å². The fraction of sp³-hybridized carbons (Fsp3) is 1.00. The molecule has 0 aromatic carbocycles. The monoisotopic (exact) mass is 241 g/mol. The van der Waals surface area contributed by atoms with Gasteiger partial charge in [-0.05, 0) is 36.1 Å². The number of piperidine rings is 1. The quantitative estimate of drug-likeness (QED) is 0.778. The lowest BCUT2D eigenvalue weighted by Crippen LogP contribution is -2.53. The maximum absolute atomic E-state index is 10.7. The van der Waals surface area contributed by atoms with Crippen LogP contribution >= 0.6 is 0 Å². The predicted molar refractivity (Wildman–Crippen MR) is 74.0 cm³/mol. The first-order valence-electron chi connectivity index (χ1n) is 7.05. The third kappa shape index (κ3) is 3.96. The van der Waals surface area contributed by atoms with Gasteiger partial charge in [0.1, 0.15) is 0 Å². The number of hydrogen-bond donors (Lipinski definition) is 2. The highest BCUT2D eigenvalue weighted by atomic mass is 16.3. The first-order valence-corrected chi connectivity index (χ1v) is 7.05. The summed E-state index contributed by atoms with van der Waals surface area (Å²) < 4.78 is 0. The van der Waals surface area contributed by atoms with Crippen LogP contribution in [0.1, 0.15) is 60.8 Å². The summed E-state index contributed by atoms with van der Waals surface area (Å²) in [5, 5.41) is 14.2. The second kappa shape index (κ2) is 5.27. The third-order valence-corrected chi connectivity index (χ3v) is 3.97. The van der Waals surface area contributed by atoms with Gasteiger partial charge in [0.25, 0.3) is 0 Å². The Bertz CT molecular complexity index is 216. The van der Waals surface area contributed by atoms with E-state index in [1.54, 1.807) is 0 Å². The molecule has 1 saturated heterocycles. The highest BCUT2D eigenvalue weighted by molar-refractivity contribution is 4.94. The normalized spacial score (nSPS) is 25.1. The van der Waals surface area contributed by atoms with E-state index in [-0.39, 0.29) is 23.0 Å². The Kier molecular flexibility index (Phi) is 4.65. The molecule has 17 heavy (non-hydrogen) atoms. The molecule has 2 heteroatoms. The van der Waals surface area contributed by atoms with Crippen LogP contribution in [-0.4, -0.2) is 23.8 Å². The zero-order valence-electron chi connectivity index (χ0n) is 12.5. The molecule has 102 valence electrons. The Morgan fingerprint density at radius 1 is 1.00 bits per heavy atom. The van der Waals surface area contributed by atoms with Crippen LogP contribution in [0.15, 0.2) is 0 Å². The van der Waals surface area contributed by atoms with Crippen molar-refractivity contribution >= 4 is 0 Å². The van der Waals surface area contributed by atoms with Gasteiger partial charge in [-0.3, -0.25) is 0 Å². The van der Waals surface area contributed by atoms with Crippen molar-refractivity contribution in [3.63, 3.8) is 0 Å². The van der Waals surface area contributed by atoms with Crippen molar-refractivity contribution in [2.45, 2.75) is 73.0 Å². The van der Waals surface area contributed by atoms with Gasteiger partial charge in [-0.2, -0.15) is 0 Å². The number of aliphatic hydroxyl groups excluding tert-OH is 1. The lowest BCUT2D eigenvalue weighted by molar-refractivity contribution is -0.0484. The fourth-order valence-electron chi connectivity index (χ4n) is 3.73. The van der Waals surface area contributed by atoms with E-state index in [1.165, 1.54) is 12.8 Å². The van der Waals surface area contributed by atoms with E-state index in [4.69, 9.17) is 0 Å². The molecule has 2 atom stereocenters. The molecule has 1 aliphatic heterocycles. The molecule has 0 aliphatic carbocycles. The molecule has 1 fully saturated rings. The van der Waals surface area contributed by atoms with E-state index in [9.17, 15) is 5.11 Å². The van der Waals surface area contributed by atoms with Gasteiger partial charge < -0.3 is 10.4 Å². The molecule has 1 rings (SSSR count). The van der Waals surface area contributed by atoms with Gasteiger partial charge >= 0.3 is 0 Å². The summed E-state index contributed by atoms with van der Waals surface area (Å²) in [5.74, 6) is 0.311. The summed E-state index contributed by atoms with van der Waals surface area (Å²) in [5.41, 5.74) is 0.271. The average Bonchev–Trinajstić information content (AvgIpc) is 2.14. The lowest BCUT2D eigenvalue weighted by Gasteiger charge is -2.46. The highest BCUT2D eigenvalue weighted by Crippen LogP contribution is 2.43. The molecule has 0 aromatic rings. The van der Waals surface area contributed by atoms with Gasteiger partial charge in [-0.25, -0.2) is 0 Å². The van der Waals surface area contributed by atoms with Crippen LogP contribution in [0, 0.1) is 16.7 Å². The minimum Gasteiger partial charge on any atom is -0.391 e. The predicted octanol–water partition coefficient (Wildman–Crippen LogP) is 3.20. The van der Waals surface area contributed by atoms with Gasteiger partial charge in [0.05, 0.1) is 6.10 Å². The molecule has 1 unspecified atom stereocenters. The van der Waals surface area contributed by atoms with Crippen molar-refractivity contribution in [3.05, 3.63) is 0 Å². The molecule has 0 spiro atoms. The van der Waals surface area contributed by atoms with Gasteiger partial charge in [-0.15, -0.1) is 0 Å². The van der Waals surface area contributed by atoms with Crippen molar-refractivity contribution in [1.82, 2.24) is 5.32 Å². The molecule has 2 nitrogen and oxygen atoms in total. The number of nitrogens with one attached hydrogen (secondary N) is 1. The summed E-state index contributed by atoms with van der Waals surface area (Å²) in [6.07, 6.45) is 3.37. The molecule has 0 radical (unpaired) electrons. The Labute approximate surface area is 107 Å². The van der Waals surface area contributed by atoms with E-state index in [0.29, 0.717) is 5.92 Å². The summed E-state index contributed by atoms with van der Waals surface area (Å²) in [7, 11) is 0. The molecule has 0 aromatic heterocycles. The van der Waals surface area contributed by atoms with E-state index >= 15 is 0 Å². The largest absolute Gasteiger partial charge is 0.391 e. The number of rotatable bonds is 2. The first-order chi connectivity index (χ1) is 7.64. The van der Waals surface area contributed by atoms with E-state index in [1.807, 2.05) is 0 Å². The molecule has 0 bridgehead atoms. The van der Waals surface area contributed by atoms with E-state index < -0.39 is 0 Å². The molecule has 1 aliphatic rings. The second-order valence-electron chi connectivity index (χ2n) is 7.76. The molecular weight excluding hydrogens is 210 g/mol. The maximum atomic E-state index is 10.7. The molecule has 0 saturated carbocycles. The Balaban J connectivity index is 2.82. The van der Waals surface area contributed by atoms with Crippen molar-refractivity contribution in [1.29, 1.82) is 0 Å². The summed E-state index contributed by atoms with van der Waals surface area (Å²) in [6, 6.07) is 0.284. The topological polar surface area (TPSA) is 32.3 Å². The average molecular weight is 241 g/mol. The highest BCUT2D eigenvalue weighted by Gasteiger charge is 2.42. The van der Waals surface area contributed by atoms with Crippen LogP contribution in [0.2, 0.25) is 0 Å². The molecule has 2 N–H and O–H groups in total. The van der Waals surface area contributed by atoms with Crippen molar-refractivity contribution in [3.8, 4) is 0 Å². The minimum atomic E-state index is -0.240. The molecule has 0 amide bonds. The first kappa shape index (κ1) is 15.0. The van der Waals surface area contributed by atoms with Gasteiger partial charge in [0.2, 0.25) is 0 Å². The van der Waals surface area contributed by atoms with E-state index in [2.05, 4.69) is 46.9 Å². The van der Waals surface area contributed by atoms with Crippen molar-refractivity contribution in [2.75, 3.05) is 6.54 Å². The van der Waals surface area contributed by atoms with Crippen molar-refractivity contribution in [2.24, 2.45) is 16.7 Å². The zero-order valence-corrected chi connectivity index (χ0v) is 12.5. The third-order valence-electron chi connectivity index (χ3n) is 3.97. The van der Waals surface area contributed by atoms with Crippen LogP contribution in [0.5, 0.6) is 0 Å². The SMILES string of the molecule is CC(C)(C)C([C@@H](O)C1CCCCN1)C(C)(C)C. The fourth-order valence-corrected chi connectivity index (χ4v) is 3.73. The van der Waals surface area contributed by atoms with Crippen molar-refractivity contribution < 1.29 is 5.11 Å². The van der Waals surface area contributed by atoms with Crippen LogP contribution in [0.4, 0.5) is 0 Å². The standard InChI is InChI=1S/C15H31NO/c1-14(2,3)13(15(4,5)6)12(17)11-9-7-8-10-16-11/h11-13,16-17H,7-10H2,1-6H3/t11?,12-/m0/s1. The molecule has 1 heterocycles.